The molecule has 0 aromatic heterocycles. The molecule has 0 bridgehead atoms. The fraction of sp³-hybridized carbons (Fsp3) is 0.571. The maximum Gasteiger partial charge on any atom is 0.389 e. The normalized spacial score (nSPS) is 19.2. The van der Waals surface area contributed by atoms with Gasteiger partial charge in [0.2, 0.25) is 0 Å². The van der Waals surface area contributed by atoms with Crippen molar-refractivity contribution in [2.45, 2.75) is 51.2 Å². The molecule has 0 saturated heterocycles. The van der Waals surface area contributed by atoms with Gasteiger partial charge in [0.1, 0.15) is 0 Å². The minimum Gasteiger partial charge on any atom is -0.382 e. The van der Waals surface area contributed by atoms with Crippen molar-refractivity contribution in [3.05, 3.63) is 29.3 Å². The number of aryl methyl sites for hydroxylation is 2. The monoisotopic (exact) mass is 257 g/mol. The van der Waals surface area contributed by atoms with Crippen LogP contribution in [0.5, 0.6) is 0 Å². The first-order valence-corrected chi connectivity index (χ1v) is 6.39. The lowest BCUT2D eigenvalue weighted by Gasteiger charge is -2.24. The number of fused-ring (bicyclic) bond motifs is 1. The number of alkyl halides is 3. The molecule has 0 spiro atoms. The van der Waals surface area contributed by atoms with Crippen molar-refractivity contribution in [3.8, 4) is 0 Å². The van der Waals surface area contributed by atoms with Gasteiger partial charge in [-0.05, 0) is 49.8 Å². The molecule has 1 aliphatic rings. The number of hydrogen-bond donors (Lipinski definition) is 1. The highest BCUT2D eigenvalue weighted by Crippen LogP contribution is 2.27. The zero-order valence-corrected chi connectivity index (χ0v) is 10.5. The Morgan fingerprint density at radius 2 is 2.11 bits per heavy atom. The average molecular weight is 257 g/mol. The molecule has 4 heteroatoms. The van der Waals surface area contributed by atoms with Gasteiger partial charge in [0, 0.05) is 18.2 Å². The van der Waals surface area contributed by atoms with E-state index in [-0.39, 0.29) is 6.42 Å². The minimum absolute atomic E-state index is 0.173. The van der Waals surface area contributed by atoms with Crippen LogP contribution in [-0.4, -0.2) is 12.2 Å². The summed E-state index contributed by atoms with van der Waals surface area (Å²) in [4.78, 5) is 0. The van der Waals surface area contributed by atoms with E-state index in [2.05, 4.69) is 12.2 Å². The van der Waals surface area contributed by atoms with Crippen LogP contribution in [0.2, 0.25) is 0 Å². The third kappa shape index (κ3) is 3.65. The van der Waals surface area contributed by atoms with Crippen molar-refractivity contribution in [2.24, 2.45) is 0 Å². The summed E-state index contributed by atoms with van der Waals surface area (Å²) < 4.78 is 36.2. The fourth-order valence-electron chi connectivity index (χ4n) is 2.35. The third-order valence-corrected chi connectivity index (χ3v) is 3.34. The van der Waals surface area contributed by atoms with Gasteiger partial charge in [0.05, 0.1) is 0 Å². The standard InChI is InChI=1S/C14H18F3N/c1-10-4-6-12-9-11(5-7-13(12)18-10)3-2-8-14(15,16)17/h5,7,9-10,18H,2-4,6,8H2,1H3. The van der Waals surface area contributed by atoms with E-state index in [9.17, 15) is 13.2 Å². The molecule has 1 unspecified atom stereocenters. The molecular weight excluding hydrogens is 239 g/mol. The minimum atomic E-state index is -4.04. The van der Waals surface area contributed by atoms with Gasteiger partial charge < -0.3 is 5.32 Å². The Morgan fingerprint density at radius 3 is 2.83 bits per heavy atom. The summed E-state index contributed by atoms with van der Waals surface area (Å²) in [5.74, 6) is 0. The first kappa shape index (κ1) is 13.2. The third-order valence-electron chi connectivity index (χ3n) is 3.34. The highest BCUT2D eigenvalue weighted by Gasteiger charge is 2.26. The van der Waals surface area contributed by atoms with E-state index < -0.39 is 12.6 Å². The lowest BCUT2D eigenvalue weighted by molar-refractivity contribution is -0.135. The molecule has 1 nitrogen and oxygen atoms in total. The lowest BCUT2D eigenvalue weighted by Crippen LogP contribution is -2.21. The van der Waals surface area contributed by atoms with E-state index in [0.717, 1.165) is 24.1 Å². The SMILES string of the molecule is CC1CCc2cc(CCCC(F)(F)F)ccc2N1. The summed E-state index contributed by atoms with van der Waals surface area (Å²) >= 11 is 0. The molecule has 0 saturated carbocycles. The molecule has 1 aromatic rings. The number of nitrogens with one attached hydrogen (secondary N) is 1. The van der Waals surface area contributed by atoms with E-state index in [1.165, 1.54) is 5.56 Å². The molecule has 1 aromatic carbocycles. The molecule has 0 aliphatic carbocycles. The predicted octanol–water partition coefficient (Wildman–Crippen LogP) is 4.32. The highest BCUT2D eigenvalue weighted by atomic mass is 19.4. The molecule has 0 amide bonds. The van der Waals surface area contributed by atoms with Crippen LogP contribution in [0.4, 0.5) is 18.9 Å². The van der Waals surface area contributed by atoms with Crippen LogP contribution in [0.15, 0.2) is 18.2 Å². The van der Waals surface area contributed by atoms with Gasteiger partial charge in [-0.2, -0.15) is 13.2 Å². The van der Waals surface area contributed by atoms with Crippen LogP contribution < -0.4 is 5.32 Å². The molecule has 0 fully saturated rings. The second kappa shape index (κ2) is 5.21. The second-order valence-electron chi connectivity index (χ2n) is 5.04. The lowest BCUT2D eigenvalue weighted by atomic mass is 9.95. The zero-order chi connectivity index (χ0) is 13.2. The smallest absolute Gasteiger partial charge is 0.382 e. The summed E-state index contributed by atoms with van der Waals surface area (Å²) in [7, 11) is 0. The molecule has 100 valence electrons. The van der Waals surface area contributed by atoms with E-state index in [4.69, 9.17) is 0 Å². The van der Waals surface area contributed by atoms with E-state index >= 15 is 0 Å². The van der Waals surface area contributed by atoms with E-state index in [1.807, 2.05) is 18.2 Å². The molecular formula is C14H18F3N. The predicted molar refractivity (Wildman–Crippen MR) is 66.8 cm³/mol. The molecule has 18 heavy (non-hydrogen) atoms. The van der Waals surface area contributed by atoms with Crippen molar-refractivity contribution < 1.29 is 13.2 Å². The largest absolute Gasteiger partial charge is 0.389 e. The Labute approximate surface area is 105 Å². The first-order chi connectivity index (χ1) is 8.44. The molecule has 1 atom stereocenters. The highest BCUT2D eigenvalue weighted by molar-refractivity contribution is 5.55. The maximum absolute atomic E-state index is 12.1. The zero-order valence-electron chi connectivity index (χ0n) is 10.5. The van der Waals surface area contributed by atoms with Gasteiger partial charge in [0.25, 0.3) is 0 Å². The number of hydrogen-bond acceptors (Lipinski definition) is 1. The Bertz CT molecular complexity index is 412. The van der Waals surface area contributed by atoms with Crippen molar-refractivity contribution in [1.29, 1.82) is 0 Å². The van der Waals surface area contributed by atoms with Crippen molar-refractivity contribution >= 4 is 5.69 Å². The number of rotatable bonds is 3. The van der Waals surface area contributed by atoms with Crippen molar-refractivity contribution in [2.75, 3.05) is 5.32 Å². The van der Waals surface area contributed by atoms with Gasteiger partial charge in [0.15, 0.2) is 0 Å². The average Bonchev–Trinajstić information content (AvgIpc) is 2.27. The van der Waals surface area contributed by atoms with Crippen LogP contribution in [-0.2, 0) is 12.8 Å². The van der Waals surface area contributed by atoms with E-state index in [1.54, 1.807) is 0 Å². The molecule has 1 heterocycles. The quantitative estimate of drug-likeness (QED) is 0.850. The molecule has 1 aliphatic heterocycles. The van der Waals surface area contributed by atoms with Crippen molar-refractivity contribution in [3.63, 3.8) is 0 Å². The van der Waals surface area contributed by atoms with Crippen LogP contribution in [0.25, 0.3) is 0 Å². The summed E-state index contributed by atoms with van der Waals surface area (Å²) in [6, 6.07) is 6.45. The number of halogens is 3. The number of anilines is 1. The Hall–Kier alpha value is -1.19. The van der Waals surface area contributed by atoms with Crippen LogP contribution in [0.3, 0.4) is 0 Å². The van der Waals surface area contributed by atoms with Crippen LogP contribution >= 0.6 is 0 Å². The van der Waals surface area contributed by atoms with Crippen LogP contribution in [0, 0.1) is 0 Å². The molecule has 2 rings (SSSR count). The Kier molecular flexibility index (Phi) is 3.83. The summed E-state index contributed by atoms with van der Waals surface area (Å²) in [6.07, 6.45) is -1.96. The van der Waals surface area contributed by atoms with Gasteiger partial charge in [-0.3, -0.25) is 0 Å². The van der Waals surface area contributed by atoms with E-state index in [0.29, 0.717) is 12.5 Å². The second-order valence-corrected chi connectivity index (χ2v) is 5.04. The summed E-state index contributed by atoms with van der Waals surface area (Å²) in [5, 5.41) is 3.39. The van der Waals surface area contributed by atoms with Gasteiger partial charge in [-0.15, -0.1) is 0 Å². The fourth-order valence-corrected chi connectivity index (χ4v) is 2.35. The van der Waals surface area contributed by atoms with Gasteiger partial charge in [-0.25, -0.2) is 0 Å². The van der Waals surface area contributed by atoms with Crippen LogP contribution in [0.1, 0.15) is 37.3 Å². The Morgan fingerprint density at radius 1 is 1.33 bits per heavy atom. The summed E-state index contributed by atoms with van der Waals surface area (Å²) in [5.41, 5.74) is 3.38. The number of benzene rings is 1. The molecule has 0 radical (unpaired) electrons. The molecule has 1 N–H and O–H groups in total. The first-order valence-electron chi connectivity index (χ1n) is 6.39. The topological polar surface area (TPSA) is 12.0 Å². The Balaban J connectivity index is 1.95. The van der Waals surface area contributed by atoms with Crippen molar-refractivity contribution in [1.82, 2.24) is 0 Å². The summed E-state index contributed by atoms with van der Waals surface area (Å²) in [6.45, 7) is 2.14. The van der Waals surface area contributed by atoms with Gasteiger partial charge in [-0.1, -0.05) is 12.1 Å². The van der Waals surface area contributed by atoms with Gasteiger partial charge >= 0.3 is 6.18 Å². The maximum atomic E-state index is 12.1.